The standard InChI is InChI=1S/C22H12F4O3/c23-16-5-1-11(8-18(16)25)7-15-21(28)14-4-3-13(27)10-20(14)29-22(15)12-2-6-17(24)19(26)9-12/h1-6,8-10,27H,7H2. The minimum Gasteiger partial charge on any atom is -0.508 e. The van der Waals surface area contributed by atoms with Crippen molar-refractivity contribution in [1.29, 1.82) is 0 Å². The zero-order valence-corrected chi connectivity index (χ0v) is 14.7. The van der Waals surface area contributed by atoms with E-state index in [0.29, 0.717) is 0 Å². The Morgan fingerprint density at radius 3 is 2.17 bits per heavy atom. The van der Waals surface area contributed by atoms with Crippen molar-refractivity contribution >= 4 is 11.0 Å². The van der Waals surface area contributed by atoms with Crippen LogP contribution in [0.1, 0.15) is 11.1 Å². The Bertz CT molecular complexity index is 1310. The highest BCUT2D eigenvalue weighted by molar-refractivity contribution is 5.81. The molecule has 0 saturated heterocycles. The third-order valence-corrected chi connectivity index (χ3v) is 4.52. The average Bonchev–Trinajstić information content (AvgIpc) is 2.68. The highest BCUT2D eigenvalue weighted by atomic mass is 19.2. The number of phenols is 1. The summed E-state index contributed by atoms with van der Waals surface area (Å²) in [5, 5.41) is 9.82. The molecule has 4 rings (SSSR count). The van der Waals surface area contributed by atoms with E-state index < -0.39 is 28.7 Å². The summed E-state index contributed by atoms with van der Waals surface area (Å²) in [7, 11) is 0. The van der Waals surface area contributed by atoms with E-state index in [9.17, 15) is 27.5 Å². The summed E-state index contributed by atoms with van der Waals surface area (Å²) >= 11 is 0. The lowest BCUT2D eigenvalue weighted by Crippen LogP contribution is -2.12. The second kappa shape index (κ2) is 7.09. The maximum Gasteiger partial charge on any atom is 0.196 e. The summed E-state index contributed by atoms with van der Waals surface area (Å²) < 4.78 is 59.7. The predicted molar refractivity (Wildman–Crippen MR) is 98.7 cm³/mol. The number of hydrogen-bond donors (Lipinski definition) is 1. The van der Waals surface area contributed by atoms with Gasteiger partial charge in [0.1, 0.15) is 17.1 Å². The van der Waals surface area contributed by atoms with Crippen LogP contribution in [0.3, 0.4) is 0 Å². The lowest BCUT2D eigenvalue weighted by Gasteiger charge is -2.11. The molecule has 1 heterocycles. The molecule has 3 aromatic carbocycles. The van der Waals surface area contributed by atoms with Crippen molar-refractivity contribution in [3.63, 3.8) is 0 Å². The smallest absolute Gasteiger partial charge is 0.196 e. The summed E-state index contributed by atoms with van der Waals surface area (Å²) in [4.78, 5) is 13.1. The molecule has 0 radical (unpaired) electrons. The Hall–Kier alpha value is -3.61. The number of phenolic OH excluding ortho intramolecular Hbond substituents is 1. The molecular weight excluding hydrogens is 388 g/mol. The molecule has 1 aromatic heterocycles. The summed E-state index contributed by atoms with van der Waals surface area (Å²) in [5.74, 6) is -4.53. The van der Waals surface area contributed by atoms with Crippen molar-refractivity contribution in [2.45, 2.75) is 6.42 Å². The molecule has 1 N–H and O–H groups in total. The summed E-state index contributed by atoms with van der Waals surface area (Å²) in [6.07, 6.45) is -0.134. The second-order valence-electron chi connectivity index (χ2n) is 6.47. The minimum absolute atomic E-state index is 0.0452. The minimum atomic E-state index is -1.14. The maximum atomic E-state index is 13.8. The molecule has 0 unspecified atom stereocenters. The first-order chi connectivity index (χ1) is 13.8. The summed E-state index contributed by atoms with van der Waals surface area (Å²) in [6, 6.07) is 10.1. The molecule has 4 aromatic rings. The van der Waals surface area contributed by atoms with Crippen LogP contribution in [0.15, 0.2) is 63.8 Å². The van der Waals surface area contributed by atoms with Crippen LogP contribution in [0, 0.1) is 23.3 Å². The van der Waals surface area contributed by atoms with Gasteiger partial charge in [0, 0.05) is 23.6 Å². The normalized spacial score (nSPS) is 11.2. The van der Waals surface area contributed by atoms with Crippen molar-refractivity contribution in [1.82, 2.24) is 0 Å². The second-order valence-corrected chi connectivity index (χ2v) is 6.47. The van der Waals surface area contributed by atoms with Gasteiger partial charge in [-0.3, -0.25) is 4.79 Å². The fraction of sp³-hybridized carbons (Fsp3) is 0.0455. The fourth-order valence-electron chi connectivity index (χ4n) is 3.11. The Morgan fingerprint density at radius 2 is 1.48 bits per heavy atom. The molecule has 0 saturated carbocycles. The highest BCUT2D eigenvalue weighted by Gasteiger charge is 2.19. The third kappa shape index (κ3) is 3.47. The third-order valence-electron chi connectivity index (χ3n) is 4.52. The van der Waals surface area contributed by atoms with E-state index in [1.807, 2.05) is 0 Å². The topological polar surface area (TPSA) is 50.4 Å². The molecule has 146 valence electrons. The first-order valence-corrected chi connectivity index (χ1v) is 8.51. The summed E-state index contributed by atoms with van der Waals surface area (Å²) in [6.45, 7) is 0. The molecule has 0 aliphatic heterocycles. The van der Waals surface area contributed by atoms with Crippen LogP contribution < -0.4 is 5.43 Å². The van der Waals surface area contributed by atoms with Gasteiger partial charge in [-0.25, -0.2) is 17.6 Å². The largest absolute Gasteiger partial charge is 0.508 e. The average molecular weight is 400 g/mol. The highest BCUT2D eigenvalue weighted by Crippen LogP contribution is 2.30. The van der Waals surface area contributed by atoms with Crippen LogP contribution in [0.4, 0.5) is 17.6 Å². The van der Waals surface area contributed by atoms with Gasteiger partial charge in [-0.05, 0) is 48.0 Å². The van der Waals surface area contributed by atoms with Crippen LogP contribution >= 0.6 is 0 Å². The Kier molecular flexibility index (Phi) is 4.58. The van der Waals surface area contributed by atoms with Gasteiger partial charge in [0.05, 0.1) is 5.39 Å². The van der Waals surface area contributed by atoms with Crippen LogP contribution in [0.25, 0.3) is 22.3 Å². The first-order valence-electron chi connectivity index (χ1n) is 8.51. The van der Waals surface area contributed by atoms with Crippen molar-refractivity contribution in [2.75, 3.05) is 0 Å². The molecule has 0 aliphatic rings. The molecule has 0 fully saturated rings. The van der Waals surface area contributed by atoms with Gasteiger partial charge in [-0.15, -0.1) is 0 Å². The zero-order chi connectivity index (χ0) is 20.7. The van der Waals surface area contributed by atoms with Gasteiger partial charge in [0.25, 0.3) is 0 Å². The number of halogens is 4. The lowest BCUT2D eigenvalue weighted by atomic mass is 9.98. The van der Waals surface area contributed by atoms with E-state index in [4.69, 9.17) is 4.42 Å². The van der Waals surface area contributed by atoms with Gasteiger partial charge in [-0.1, -0.05) is 6.07 Å². The lowest BCUT2D eigenvalue weighted by molar-refractivity contribution is 0.474. The van der Waals surface area contributed by atoms with E-state index in [1.165, 1.54) is 30.3 Å². The molecular formula is C22H12F4O3. The van der Waals surface area contributed by atoms with E-state index in [-0.39, 0.29) is 45.6 Å². The zero-order valence-electron chi connectivity index (χ0n) is 14.7. The quantitative estimate of drug-likeness (QED) is 0.474. The molecule has 29 heavy (non-hydrogen) atoms. The van der Waals surface area contributed by atoms with E-state index in [1.54, 1.807) is 0 Å². The molecule has 0 spiro atoms. The Labute approximate surface area is 161 Å². The van der Waals surface area contributed by atoms with Crippen LogP contribution in [-0.2, 0) is 6.42 Å². The number of fused-ring (bicyclic) bond motifs is 1. The van der Waals surface area contributed by atoms with Crippen LogP contribution in [-0.4, -0.2) is 5.11 Å². The maximum absolute atomic E-state index is 13.8. The van der Waals surface area contributed by atoms with E-state index in [2.05, 4.69) is 0 Å². The monoisotopic (exact) mass is 400 g/mol. The SMILES string of the molecule is O=c1c(Cc2ccc(F)c(F)c2)c(-c2ccc(F)c(F)c2)oc2cc(O)ccc12. The fourth-order valence-corrected chi connectivity index (χ4v) is 3.11. The van der Waals surface area contributed by atoms with E-state index >= 15 is 0 Å². The molecule has 0 amide bonds. The van der Waals surface area contributed by atoms with E-state index in [0.717, 1.165) is 24.3 Å². The molecule has 0 atom stereocenters. The van der Waals surface area contributed by atoms with Crippen molar-refractivity contribution in [2.24, 2.45) is 0 Å². The molecule has 3 nitrogen and oxygen atoms in total. The number of benzene rings is 3. The summed E-state index contributed by atoms with van der Waals surface area (Å²) in [5.41, 5.74) is -0.0123. The molecule has 7 heteroatoms. The van der Waals surface area contributed by atoms with Crippen LogP contribution in [0.5, 0.6) is 5.75 Å². The number of rotatable bonds is 3. The van der Waals surface area contributed by atoms with Gasteiger partial charge < -0.3 is 9.52 Å². The molecule has 0 bridgehead atoms. The number of hydrogen-bond acceptors (Lipinski definition) is 3. The van der Waals surface area contributed by atoms with Crippen molar-refractivity contribution in [3.8, 4) is 17.1 Å². The predicted octanol–water partition coefficient (Wildman–Crippen LogP) is 5.31. The van der Waals surface area contributed by atoms with Gasteiger partial charge in [0.2, 0.25) is 0 Å². The Morgan fingerprint density at radius 1 is 0.793 bits per heavy atom. The van der Waals surface area contributed by atoms with Crippen molar-refractivity contribution < 1.29 is 27.1 Å². The van der Waals surface area contributed by atoms with Gasteiger partial charge in [0.15, 0.2) is 28.7 Å². The number of aromatic hydroxyl groups is 1. The van der Waals surface area contributed by atoms with Crippen LogP contribution in [0.2, 0.25) is 0 Å². The van der Waals surface area contributed by atoms with Gasteiger partial charge >= 0.3 is 0 Å². The first kappa shape index (κ1) is 18.7. The van der Waals surface area contributed by atoms with Gasteiger partial charge in [-0.2, -0.15) is 0 Å². The molecule has 0 aliphatic carbocycles. The Balaban J connectivity index is 1.98. The van der Waals surface area contributed by atoms with Crippen molar-refractivity contribution in [3.05, 3.63) is 99.2 Å².